The summed E-state index contributed by atoms with van der Waals surface area (Å²) in [6, 6.07) is 74.3. The van der Waals surface area contributed by atoms with Crippen molar-refractivity contribution in [2.75, 3.05) is 0 Å². The number of nitrogens with zero attached hydrogens (tertiary/aromatic N) is 7. The van der Waals surface area contributed by atoms with E-state index >= 15 is 0 Å². The van der Waals surface area contributed by atoms with Crippen LogP contribution in [0.25, 0.3) is 116 Å². The van der Waals surface area contributed by atoms with Gasteiger partial charge in [-0.1, -0.05) is 146 Å². The maximum absolute atomic E-state index is 10.3. The van der Waals surface area contributed by atoms with Crippen molar-refractivity contribution in [3.8, 4) is 96.2 Å². The van der Waals surface area contributed by atoms with Crippen LogP contribution in [0, 0.1) is 35.8 Å². The van der Waals surface area contributed by atoms with E-state index in [0.717, 1.165) is 94.4 Å². The molecule has 0 radical (unpaired) electrons. The lowest BCUT2D eigenvalue weighted by atomic mass is 9.90. The number of rotatable bonds is 8. The van der Waals surface area contributed by atoms with E-state index in [0.29, 0.717) is 34.0 Å². The molecule has 7 heteroatoms. The molecule has 0 saturated heterocycles. The predicted octanol–water partition coefficient (Wildman–Crippen LogP) is 16.1. The first-order chi connectivity index (χ1) is 34.0. The third-order valence-corrected chi connectivity index (χ3v) is 12.5. The summed E-state index contributed by atoms with van der Waals surface area (Å²) in [5.74, 6) is 0.576. The van der Waals surface area contributed by atoms with Crippen LogP contribution < -0.4 is 0 Å². The third kappa shape index (κ3) is 7.61. The van der Waals surface area contributed by atoms with Gasteiger partial charge in [0.15, 0.2) is 17.2 Å². The van der Waals surface area contributed by atoms with Crippen molar-refractivity contribution in [1.29, 1.82) is 10.5 Å². The fourth-order valence-corrected chi connectivity index (χ4v) is 9.28. The zero-order valence-corrected chi connectivity index (χ0v) is 36.8. The number of fused-ring (bicyclic) bond motifs is 3. The molecule has 0 fully saturated rings. The summed E-state index contributed by atoms with van der Waals surface area (Å²) >= 11 is 0. The first-order valence-corrected chi connectivity index (χ1v) is 22.2. The highest BCUT2D eigenvalue weighted by molar-refractivity contribution is 6.13. The smallest absolute Gasteiger partial charge is 0.194 e. The molecule has 0 spiro atoms. The molecule has 0 aliphatic heterocycles. The van der Waals surface area contributed by atoms with Crippen LogP contribution in [0.4, 0.5) is 11.4 Å². The molecule has 0 aliphatic rings. The summed E-state index contributed by atoms with van der Waals surface area (Å²) in [6.07, 6.45) is 0. The van der Waals surface area contributed by atoms with Crippen LogP contribution in [-0.2, 0) is 0 Å². The molecule has 0 amide bonds. The van der Waals surface area contributed by atoms with Crippen molar-refractivity contribution in [3.63, 3.8) is 0 Å². The monoisotopic (exact) mass is 877 g/mol. The fraction of sp³-hybridized carbons (Fsp3) is 0. The van der Waals surface area contributed by atoms with Crippen LogP contribution in [0.15, 0.2) is 212 Å². The number of benzene rings is 9. The van der Waals surface area contributed by atoms with Crippen molar-refractivity contribution >= 4 is 33.2 Å². The number of nitriles is 2. The second-order valence-electron chi connectivity index (χ2n) is 16.6. The predicted molar refractivity (Wildman–Crippen MR) is 276 cm³/mol. The van der Waals surface area contributed by atoms with Crippen molar-refractivity contribution < 1.29 is 0 Å². The molecule has 0 saturated carbocycles. The molecule has 11 aromatic rings. The molecule has 0 atom stereocenters. The molecule has 0 unspecified atom stereocenters. The summed E-state index contributed by atoms with van der Waals surface area (Å²) < 4.78 is 2.28. The molecule has 11 rings (SSSR count). The summed E-state index contributed by atoms with van der Waals surface area (Å²) in [5, 5.41) is 22.4. The van der Waals surface area contributed by atoms with Crippen LogP contribution in [-0.4, -0.2) is 14.5 Å². The molecule has 9 aromatic carbocycles. The maximum Gasteiger partial charge on any atom is 0.194 e. The molecule has 0 bridgehead atoms. The molecule has 318 valence electrons. The topological polar surface area (TPSA) is 87.0 Å². The summed E-state index contributed by atoms with van der Waals surface area (Å²) in [6.45, 7) is 16.1. The Morgan fingerprint density at radius 3 is 1.61 bits per heavy atom. The van der Waals surface area contributed by atoms with Crippen LogP contribution in [0.1, 0.15) is 11.1 Å². The zero-order chi connectivity index (χ0) is 46.8. The van der Waals surface area contributed by atoms with E-state index in [9.17, 15) is 10.5 Å². The van der Waals surface area contributed by atoms with Gasteiger partial charge in [0.2, 0.25) is 0 Å². The third-order valence-electron chi connectivity index (χ3n) is 12.5. The van der Waals surface area contributed by atoms with Gasteiger partial charge in [0, 0.05) is 38.6 Å². The Balaban J connectivity index is 1.28. The van der Waals surface area contributed by atoms with Crippen LogP contribution in [0.5, 0.6) is 0 Å². The maximum atomic E-state index is 10.3. The first kappa shape index (κ1) is 41.5. The summed E-state index contributed by atoms with van der Waals surface area (Å²) in [7, 11) is 0. The largest absolute Gasteiger partial charge is 0.308 e. The minimum Gasteiger partial charge on any atom is -0.308 e. The molecule has 0 aliphatic carbocycles. The Bertz CT molecular complexity index is 3760. The number of hydrogen-bond donors (Lipinski definition) is 0. The second kappa shape index (κ2) is 17.7. The van der Waals surface area contributed by atoms with E-state index in [4.69, 9.17) is 23.1 Å². The van der Waals surface area contributed by atoms with Crippen molar-refractivity contribution in [2.45, 2.75) is 0 Å². The first-order valence-electron chi connectivity index (χ1n) is 22.2. The van der Waals surface area contributed by atoms with E-state index in [-0.39, 0.29) is 0 Å². The summed E-state index contributed by atoms with van der Waals surface area (Å²) in [5.41, 5.74) is 15.5. The van der Waals surface area contributed by atoms with Gasteiger partial charge in [-0.15, -0.1) is 0 Å². The fourth-order valence-electron chi connectivity index (χ4n) is 9.28. The van der Waals surface area contributed by atoms with Gasteiger partial charge < -0.3 is 4.57 Å². The van der Waals surface area contributed by atoms with Gasteiger partial charge in [-0.2, -0.15) is 10.5 Å². The van der Waals surface area contributed by atoms with Gasteiger partial charge >= 0.3 is 0 Å². The van der Waals surface area contributed by atoms with E-state index < -0.39 is 0 Å². The summed E-state index contributed by atoms with van der Waals surface area (Å²) in [4.78, 5) is 18.1. The lowest BCUT2D eigenvalue weighted by molar-refractivity contribution is 1.17. The van der Waals surface area contributed by atoms with Gasteiger partial charge in [0.05, 0.1) is 64.5 Å². The van der Waals surface area contributed by atoms with Crippen molar-refractivity contribution in [2.24, 2.45) is 0 Å². The Morgan fingerprint density at radius 2 is 0.957 bits per heavy atom. The Labute approximate surface area is 399 Å². The van der Waals surface area contributed by atoms with Gasteiger partial charge in [-0.25, -0.2) is 19.7 Å². The molecular weight excluding hydrogens is 843 g/mol. The standard InChI is InChI=1S/C62H35N7/c1-65-49-23-14-22-44(32-49)53-36-48(58-37-57(41-16-5-3-6-17-41)67-62(68-58)42-18-7-4-8-19-42)35-52(43-21-13-15-40(31-43)38-63)61(53)69-59-29-27-45(50-24-10-9-20-47(50)39-64)33-54(59)55-34-46(28-30-60(55)69)51-25-11-12-26-56(51)66-2/h3-37H. The minimum absolute atomic E-state index is 0.489. The van der Waals surface area contributed by atoms with Crippen LogP contribution in [0.2, 0.25) is 0 Å². The lowest BCUT2D eigenvalue weighted by Crippen LogP contribution is -2.03. The normalized spacial score (nSPS) is 10.8. The highest BCUT2D eigenvalue weighted by Gasteiger charge is 2.24. The number of aromatic nitrogens is 3. The van der Waals surface area contributed by atoms with Gasteiger partial charge in [-0.3, -0.25) is 0 Å². The molecule has 2 aromatic heterocycles. The molecule has 0 N–H and O–H groups in total. The molecule has 2 heterocycles. The molecular formula is C62H35N7. The van der Waals surface area contributed by atoms with E-state index in [2.05, 4.69) is 74.9 Å². The van der Waals surface area contributed by atoms with E-state index in [1.165, 1.54) is 0 Å². The van der Waals surface area contributed by atoms with Crippen molar-refractivity contribution in [3.05, 3.63) is 246 Å². The zero-order valence-electron chi connectivity index (χ0n) is 36.8. The number of para-hydroxylation sites is 1. The average molecular weight is 878 g/mol. The molecule has 69 heavy (non-hydrogen) atoms. The quantitative estimate of drug-likeness (QED) is 0.142. The van der Waals surface area contributed by atoms with E-state index in [1.807, 2.05) is 158 Å². The average Bonchev–Trinajstić information content (AvgIpc) is 3.75. The van der Waals surface area contributed by atoms with Crippen LogP contribution >= 0.6 is 0 Å². The Morgan fingerprint density at radius 1 is 0.406 bits per heavy atom. The van der Waals surface area contributed by atoms with Crippen LogP contribution in [0.3, 0.4) is 0 Å². The molecule has 7 nitrogen and oxygen atoms in total. The SMILES string of the molecule is [C-]#[N+]c1cccc(-c2cc(-c3cc(-c4ccccc4)nc(-c4ccccc4)n3)cc(-c3cccc(C#N)c3)c2-n2c3ccc(-c4ccccc4C#N)cc3c3cc(-c4ccccc4[N+]#[C-])ccc32)c1. The second-order valence-corrected chi connectivity index (χ2v) is 16.6. The lowest BCUT2D eigenvalue weighted by Gasteiger charge is -2.22. The highest BCUT2D eigenvalue weighted by Crippen LogP contribution is 2.46. The van der Waals surface area contributed by atoms with Gasteiger partial charge in [-0.05, 0) is 100 Å². The van der Waals surface area contributed by atoms with E-state index in [1.54, 1.807) is 6.07 Å². The van der Waals surface area contributed by atoms with Crippen molar-refractivity contribution in [1.82, 2.24) is 14.5 Å². The highest BCUT2D eigenvalue weighted by atomic mass is 15.0. The minimum atomic E-state index is 0.489. The Hall–Kier alpha value is -10.2. The Kier molecular flexibility index (Phi) is 10.6. The van der Waals surface area contributed by atoms with Gasteiger partial charge in [0.25, 0.3) is 0 Å². The van der Waals surface area contributed by atoms with Gasteiger partial charge in [0.1, 0.15) is 0 Å². The number of hydrogen-bond acceptors (Lipinski definition) is 4.